The first-order valence-electron chi connectivity index (χ1n) is 3.30. The largest absolute Gasteiger partial charge is 1.00 e. The quantitative estimate of drug-likeness (QED) is 0.449. The average Bonchev–Trinajstić information content (AvgIpc) is 2.16. The van der Waals surface area contributed by atoms with Crippen LogP contribution in [0.2, 0.25) is 0 Å². The molecule has 0 radical (unpaired) electrons. The van der Waals surface area contributed by atoms with Crippen molar-refractivity contribution in [2.45, 2.75) is 0 Å². The molecule has 6 heteroatoms. The van der Waals surface area contributed by atoms with Gasteiger partial charge in [0.05, 0.1) is 11.5 Å². The molecule has 0 spiro atoms. The van der Waals surface area contributed by atoms with Crippen LogP contribution in [0, 0.1) is 0 Å². The van der Waals surface area contributed by atoms with Gasteiger partial charge in [-0.1, -0.05) is 18.2 Å². The van der Waals surface area contributed by atoms with Crippen molar-refractivity contribution in [2.24, 2.45) is 0 Å². The topological polar surface area (TPSA) is 66.4 Å². The van der Waals surface area contributed by atoms with Crippen LogP contribution in [0.15, 0.2) is 24.3 Å². The first-order valence-corrected chi connectivity index (χ1v) is 4.18. The van der Waals surface area contributed by atoms with Crippen LogP contribution in [0.3, 0.4) is 0 Å². The van der Waals surface area contributed by atoms with Gasteiger partial charge in [0.25, 0.3) is 0 Å². The van der Waals surface area contributed by atoms with Crippen molar-refractivity contribution in [3.8, 4) is 0 Å². The summed E-state index contributed by atoms with van der Waals surface area (Å²) in [5.74, 6) is -2.09. The number of carbonyl (C=O) groups excluding carboxylic acids is 2. The first kappa shape index (κ1) is 13.9. The molecule has 1 aromatic rings. The Bertz CT molecular complexity index is 353. The Labute approximate surface area is 117 Å². The second-order valence-corrected chi connectivity index (χ2v) is 2.64. The number of halogens is 1. The van der Waals surface area contributed by atoms with Gasteiger partial charge < -0.3 is 13.0 Å². The Kier molecular flexibility index (Phi) is 6.34. The van der Waals surface area contributed by atoms with E-state index in [1.807, 2.05) is 0 Å². The van der Waals surface area contributed by atoms with Gasteiger partial charge >= 0.3 is 35.5 Å². The van der Waals surface area contributed by atoms with E-state index in [2.05, 4.69) is 3.07 Å². The zero-order valence-corrected chi connectivity index (χ0v) is 11.5. The minimum Gasteiger partial charge on any atom is -0.545 e. The fourth-order valence-electron chi connectivity index (χ4n) is 0.881. The molecular formula is C8H4INaO4. The van der Waals surface area contributed by atoms with Gasteiger partial charge in [-0.3, -0.25) is 0 Å². The summed E-state index contributed by atoms with van der Waals surface area (Å²) < 4.78 is 4.37. The molecule has 1 aromatic carbocycles. The molecule has 0 fully saturated rings. The summed E-state index contributed by atoms with van der Waals surface area (Å²) in [5, 5.41) is 10.5. The number of benzene rings is 1. The molecule has 0 amide bonds. The van der Waals surface area contributed by atoms with E-state index in [4.69, 9.17) is 0 Å². The Morgan fingerprint density at radius 3 is 2.14 bits per heavy atom. The van der Waals surface area contributed by atoms with E-state index in [1.165, 1.54) is 41.2 Å². The van der Waals surface area contributed by atoms with E-state index in [-0.39, 0.29) is 40.7 Å². The molecule has 0 heterocycles. The van der Waals surface area contributed by atoms with Gasteiger partial charge in [0.1, 0.15) is 0 Å². The Morgan fingerprint density at radius 1 is 1.21 bits per heavy atom. The molecule has 0 bridgehead atoms. The summed E-state index contributed by atoms with van der Waals surface area (Å²) in [7, 11) is 0. The van der Waals surface area contributed by atoms with E-state index in [1.54, 1.807) is 6.07 Å². The van der Waals surface area contributed by atoms with E-state index < -0.39 is 11.9 Å². The van der Waals surface area contributed by atoms with E-state index in [0.717, 1.165) is 0 Å². The number of carboxylic acid groups (broad SMARTS) is 1. The SMILES string of the molecule is O=C([O-])c1ccccc1C(=O)OI.[Na+]. The van der Waals surface area contributed by atoms with Crippen LogP contribution in [-0.4, -0.2) is 11.9 Å². The summed E-state index contributed by atoms with van der Waals surface area (Å²) in [6.45, 7) is 0. The monoisotopic (exact) mass is 314 g/mol. The van der Waals surface area contributed by atoms with Crippen molar-refractivity contribution in [1.82, 2.24) is 0 Å². The third-order valence-corrected chi connectivity index (χ3v) is 1.84. The van der Waals surface area contributed by atoms with Crippen molar-refractivity contribution in [2.75, 3.05) is 0 Å². The fourth-order valence-corrected chi connectivity index (χ4v) is 1.12. The van der Waals surface area contributed by atoms with Crippen LogP contribution in [0.4, 0.5) is 0 Å². The molecule has 1 rings (SSSR count). The molecule has 14 heavy (non-hydrogen) atoms. The molecule has 0 aliphatic rings. The molecule has 0 aromatic heterocycles. The van der Waals surface area contributed by atoms with Gasteiger partial charge in [-0.15, -0.1) is 0 Å². The maximum absolute atomic E-state index is 11.0. The third-order valence-electron chi connectivity index (χ3n) is 1.44. The summed E-state index contributed by atoms with van der Waals surface area (Å²) in [6.07, 6.45) is 0. The second-order valence-electron chi connectivity index (χ2n) is 2.20. The summed E-state index contributed by atoms with van der Waals surface area (Å²) >= 11 is 1.39. The minimum absolute atomic E-state index is 0. The van der Waals surface area contributed by atoms with Gasteiger partial charge in [-0.05, 0) is 6.07 Å². The summed E-state index contributed by atoms with van der Waals surface area (Å²) in [4.78, 5) is 21.5. The Balaban J connectivity index is 0.00000169. The number of rotatable bonds is 2. The predicted molar refractivity (Wildman–Crippen MR) is 50.2 cm³/mol. The molecule has 4 nitrogen and oxygen atoms in total. The predicted octanol–water partition coefficient (Wildman–Crippen LogP) is -2.44. The van der Waals surface area contributed by atoms with Gasteiger partial charge in [-0.2, -0.15) is 0 Å². The number of hydrogen-bond donors (Lipinski definition) is 0. The van der Waals surface area contributed by atoms with E-state index in [9.17, 15) is 14.7 Å². The van der Waals surface area contributed by atoms with Crippen LogP contribution in [-0.2, 0) is 3.07 Å². The zero-order chi connectivity index (χ0) is 9.84. The van der Waals surface area contributed by atoms with Crippen LogP contribution >= 0.6 is 23.0 Å². The number of carbonyl (C=O) groups is 2. The van der Waals surface area contributed by atoms with Crippen molar-refractivity contribution >= 4 is 34.9 Å². The van der Waals surface area contributed by atoms with Gasteiger partial charge in [-0.25, -0.2) is 4.79 Å². The molecule has 0 atom stereocenters. The standard InChI is InChI=1S/C8H5IO4.Na/c9-13-8(12)6-4-2-1-3-5(6)7(10)11;/h1-4H,(H,10,11);/q;+1/p-1. The van der Waals surface area contributed by atoms with Crippen LogP contribution in [0.5, 0.6) is 0 Å². The molecule has 0 saturated carbocycles. The van der Waals surface area contributed by atoms with E-state index in [0.29, 0.717) is 0 Å². The van der Waals surface area contributed by atoms with Crippen LogP contribution in [0.25, 0.3) is 0 Å². The van der Waals surface area contributed by atoms with Crippen molar-refractivity contribution in [3.05, 3.63) is 35.4 Å². The molecule has 0 saturated heterocycles. The maximum atomic E-state index is 11.0. The molecule has 0 N–H and O–H groups in total. The number of aromatic carboxylic acids is 1. The molecule has 0 unspecified atom stereocenters. The van der Waals surface area contributed by atoms with Gasteiger partial charge in [0, 0.05) is 5.56 Å². The average molecular weight is 314 g/mol. The molecular weight excluding hydrogens is 310 g/mol. The van der Waals surface area contributed by atoms with E-state index >= 15 is 0 Å². The van der Waals surface area contributed by atoms with Gasteiger partial charge in [0.15, 0.2) is 23.0 Å². The fraction of sp³-hybridized carbons (Fsp3) is 0. The van der Waals surface area contributed by atoms with Crippen LogP contribution in [0.1, 0.15) is 20.7 Å². The maximum Gasteiger partial charge on any atom is 1.00 e. The van der Waals surface area contributed by atoms with Gasteiger partial charge in [0.2, 0.25) is 0 Å². The first-order chi connectivity index (χ1) is 6.16. The Morgan fingerprint density at radius 2 is 1.71 bits per heavy atom. The molecule has 0 aliphatic heterocycles. The number of carboxylic acids is 1. The smallest absolute Gasteiger partial charge is 0.545 e. The normalized spacial score (nSPS) is 8.64. The third kappa shape index (κ3) is 3.23. The molecule has 0 aliphatic carbocycles. The van der Waals surface area contributed by atoms with Crippen molar-refractivity contribution in [1.29, 1.82) is 0 Å². The zero-order valence-electron chi connectivity index (χ0n) is 7.32. The molecule has 68 valence electrons. The summed E-state index contributed by atoms with van der Waals surface area (Å²) in [5.41, 5.74) is -0.166. The summed E-state index contributed by atoms with van der Waals surface area (Å²) in [6, 6.07) is 5.72. The number of hydrogen-bond acceptors (Lipinski definition) is 4. The van der Waals surface area contributed by atoms with Crippen molar-refractivity contribution < 1.29 is 47.3 Å². The Hall–Kier alpha value is -0.110. The second kappa shape index (κ2) is 6.39. The minimum atomic E-state index is -1.39. The van der Waals surface area contributed by atoms with Crippen LogP contribution < -0.4 is 34.7 Å². The van der Waals surface area contributed by atoms with Crippen molar-refractivity contribution in [3.63, 3.8) is 0 Å².